The topological polar surface area (TPSA) is 55.8 Å². The van der Waals surface area contributed by atoms with Crippen LogP contribution in [0.25, 0.3) is 5.57 Å². The molecule has 1 aromatic carbocycles. The van der Waals surface area contributed by atoms with E-state index < -0.39 is 5.60 Å². The van der Waals surface area contributed by atoms with Crippen LogP contribution in [-0.2, 0) is 19.7 Å². The van der Waals surface area contributed by atoms with Crippen molar-refractivity contribution in [3.63, 3.8) is 0 Å². The van der Waals surface area contributed by atoms with Crippen molar-refractivity contribution in [3.05, 3.63) is 41.5 Å². The highest BCUT2D eigenvalue weighted by atomic mass is 16.6. The maximum atomic E-state index is 12.3. The molecule has 0 aromatic heterocycles. The molecule has 1 heterocycles. The summed E-state index contributed by atoms with van der Waals surface area (Å²) in [4.78, 5) is 26.2. The van der Waals surface area contributed by atoms with Gasteiger partial charge in [-0.05, 0) is 44.7 Å². The standard InChI is InChI=1S/C20H25NO4/c1-19(2,3)25-18(23)21-11-9-20(10-12-21)13-15(17(22)24-4)14-7-5-6-8-16(14)20/h5-8,13H,9-12H2,1-4H3. The zero-order chi connectivity index (χ0) is 18.2. The largest absolute Gasteiger partial charge is 0.465 e. The van der Waals surface area contributed by atoms with Crippen LogP contribution in [-0.4, -0.2) is 42.8 Å². The van der Waals surface area contributed by atoms with Crippen LogP contribution in [0.5, 0.6) is 0 Å². The van der Waals surface area contributed by atoms with Gasteiger partial charge in [0.05, 0.1) is 12.7 Å². The second kappa shape index (κ2) is 6.21. The van der Waals surface area contributed by atoms with Crippen LogP contribution in [0, 0.1) is 0 Å². The van der Waals surface area contributed by atoms with Gasteiger partial charge in [0.2, 0.25) is 0 Å². The Morgan fingerprint density at radius 3 is 2.36 bits per heavy atom. The highest BCUT2D eigenvalue weighted by Crippen LogP contribution is 2.47. The summed E-state index contributed by atoms with van der Waals surface area (Å²) in [5, 5.41) is 0. The fourth-order valence-electron chi connectivity index (χ4n) is 3.69. The lowest BCUT2D eigenvalue weighted by Gasteiger charge is -2.39. The van der Waals surface area contributed by atoms with Gasteiger partial charge in [-0.1, -0.05) is 30.3 Å². The van der Waals surface area contributed by atoms with Crippen LogP contribution in [0.15, 0.2) is 30.3 Å². The number of ether oxygens (including phenoxy) is 2. The fraction of sp³-hybridized carbons (Fsp3) is 0.500. The number of rotatable bonds is 1. The second-order valence-electron chi connectivity index (χ2n) is 7.72. The zero-order valence-corrected chi connectivity index (χ0v) is 15.3. The molecule has 3 rings (SSSR count). The first-order valence-corrected chi connectivity index (χ1v) is 8.65. The summed E-state index contributed by atoms with van der Waals surface area (Å²) in [5.41, 5.74) is 2.02. The van der Waals surface area contributed by atoms with E-state index in [4.69, 9.17) is 9.47 Å². The SMILES string of the molecule is COC(=O)C1=CC2(CCN(C(=O)OC(C)(C)C)CC2)c2ccccc21. The van der Waals surface area contributed by atoms with Gasteiger partial charge < -0.3 is 14.4 Å². The third-order valence-electron chi connectivity index (χ3n) is 4.89. The number of allylic oxidation sites excluding steroid dienone is 1. The molecule has 1 aromatic rings. The third kappa shape index (κ3) is 3.28. The molecule has 25 heavy (non-hydrogen) atoms. The molecule has 1 aliphatic carbocycles. The fourth-order valence-corrected chi connectivity index (χ4v) is 3.69. The van der Waals surface area contributed by atoms with Crippen LogP contribution in [0.3, 0.4) is 0 Å². The average molecular weight is 343 g/mol. The Morgan fingerprint density at radius 1 is 1.12 bits per heavy atom. The minimum Gasteiger partial charge on any atom is -0.465 e. The van der Waals surface area contributed by atoms with Crippen LogP contribution in [0.4, 0.5) is 4.79 Å². The number of hydrogen-bond donors (Lipinski definition) is 0. The van der Waals surface area contributed by atoms with Gasteiger partial charge in [-0.2, -0.15) is 0 Å². The van der Waals surface area contributed by atoms with Crippen molar-refractivity contribution >= 4 is 17.6 Å². The molecule has 1 aliphatic heterocycles. The number of likely N-dealkylation sites (tertiary alicyclic amines) is 1. The smallest absolute Gasteiger partial charge is 0.410 e. The van der Waals surface area contributed by atoms with Crippen molar-refractivity contribution < 1.29 is 19.1 Å². The van der Waals surface area contributed by atoms with Gasteiger partial charge in [-0.15, -0.1) is 0 Å². The number of hydrogen-bond acceptors (Lipinski definition) is 4. The van der Waals surface area contributed by atoms with E-state index in [9.17, 15) is 9.59 Å². The molecule has 134 valence electrons. The predicted octanol–water partition coefficient (Wildman–Crippen LogP) is 3.53. The number of esters is 1. The molecule has 0 radical (unpaired) electrons. The highest BCUT2D eigenvalue weighted by molar-refractivity contribution is 6.18. The minimum absolute atomic E-state index is 0.210. The third-order valence-corrected chi connectivity index (χ3v) is 4.89. The van der Waals surface area contributed by atoms with Gasteiger partial charge in [0.15, 0.2) is 0 Å². The number of methoxy groups -OCH3 is 1. The first kappa shape index (κ1) is 17.5. The van der Waals surface area contributed by atoms with E-state index in [0.29, 0.717) is 18.7 Å². The van der Waals surface area contributed by atoms with Crippen LogP contribution >= 0.6 is 0 Å². The average Bonchev–Trinajstić information content (AvgIpc) is 2.88. The second-order valence-corrected chi connectivity index (χ2v) is 7.72. The molecule has 5 heteroatoms. The van der Waals surface area contributed by atoms with E-state index in [0.717, 1.165) is 24.0 Å². The summed E-state index contributed by atoms with van der Waals surface area (Å²) in [7, 11) is 1.40. The Morgan fingerprint density at radius 2 is 1.76 bits per heavy atom. The normalized spacial score (nSPS) is 18.6. The summed E-state index contributed by atoms with van der Waals surface area (Å²) >= 11 is 0. The molecule has 0 N–H and O–H groups in total. The molecular formula is C20H25NO4. The lowest BCUT2D eigenvalue weighted by atomic mass is 9.74. The molecular weight excluding hydrogens is 318 g/mol. The van der Waals surface area contributed by atoms with Crippen molar-refractivity contribution in [1.82, 2.24) is 4.90 Å². The molecule has 1 saturated heterocycles. The van der Waals surface area contributed by atoms with Crippen molar-refractivity contribution in [2.24, 2.45) is 0 Å². The van der Waals surface area contributed by atoms with E-state index in [1.807, 2.05) is 45.0 Å². The highest BCUT2D eigenvalue weighted by Gasteiger charge is 2.43. The summed E-state index contributed by atoms with van der Waals surface area (Å²) in [6.07, 6.45) is 3.30. The van der Waals surface area contributed by atoms with Crippen molar-refractivity contribution in [2.45, 2.75) is 44.6 Å². The summed E-state index contributed by atoms with van der Waals surface area (Å²) in [6, 6.07) is 7.97. The Balaban J connectivity index is 1.82. The molecule has 1 fully saturated rings. The molecule has 0 saturated carbocycles. The van der Waals surface area contributed by atoms with Crippen molar-refractivity contribution in [1.29, 1.82) is 0 Å². The van der Waals surface area contributed by atoms with Crippen molar-refractivity contribution in [3.8, 4) is 0 Å². The number of amides is 1. The summed E-state index contributed by atoms with van der Waals surface area (Å²) in [5.74, 6) is -0.307. The van der Waals surface area contributed by atoms with Crippen LogP contribution < -0.4 is 0 Å². The Labute approximate surface area is 148 Å². The van der Waals surface area contributed by atoms with Crippen LogP contribution in [0.1, 0.15) is 44.7 Å². The number of piperidine rings is 1. The molecule has 1 amide bonds. The minimum atomic E-state index is -0.496. The number of fused-ring (bicyclic) bond motifs is 2. The molecule has 5 nitrogen and oxygen atoms in total. The van der Waals surface area contributed by atoms with Gasteiger partial charge in [0, 0.05) is 18.5 Å². The first-order valence-electron chi connectivity index (χ1n) is 8.65. The Hall–Kier alpha value is -2.30. The molecule has 2 aliphatic rings. The van der Waals surface area contributed by atoms with Gasteiger partial charge in [-0.3, -0.25) is 0 Å². The quantitative estimate of drug-likeness (QED) is 0.732. The lowest BCUT2D eigenvalue weighted by molar-refractivity contribution is -0.133. The maximum absolute atomic E-state index is 12.3. The number of benzene rings is 1. The van der Waals surface area contributed by atoms with E-state index >= 15 is 0 Å². The van der Waals surface area contributed by atoms with Crippen molar-refractivity contribution in [2.75, 3.05) is 20.2 Å². The molecule has 1 spiro atoms. The van der Waals surface area contributed by atoms with Crippen LogP contribution in [0.2, 0.25) is 0 Å². The summed E-state index contributed by atoms with van der Waals surface area (Å²) in [6.45, 7) is 6.82. The lowest BCUT2D eigenvalue weighted by Crippen LogP contribution is -2.45. The maximum Gasteiger partial charge on any atom is 0.410 e. The molecule has 0 unspecified atom stereocenters. The van der Waals surface area contributed by atoms with Gasteiger partial charge in [-0.25, -0.2) is 9.59 Å². The Bertz CT molecular complexity index is 721. The monoisotopic (exact) mass is 343 g/mol. The van der Waals surface area contributed by atoms with Gasteiger partial charge in [0.1, 0.15) is 5.60 Å². The number of carbonyl (C=O) groups is 2. The van der Waals surface area contributed by atoms with E-state index in [1.165, 1.54) is 7.11 Å². The Kier molecular flexibility index (Phi) is 4.35. The predicted molar refractivity (Wildman–Crippen MR) is 95.2 cm³/mol. The first-order chi connectivity index (χ1) is 11.8. The number of carbonyl (C=O) groups excluding carboxylic acids is 2. The molecule has 0 atom stereocenters. The van der Waals surface area contributed by atoms with E-state index in [1.54, 1.807) is 4.90 Å². The zero-order valence-electron chi connectivity index (χ0n) is 15.3. The van der Waals surface area contributed by atoms with Gasteiger partial charge >= 0.3 is 12.1 Å². The molecule has 0 bridgehead atoms. The van der Waals surface area contributed by atoms with Gasteiger partial charge in [0.25, 0.3) is 0 Å². The number of nitrogens with zero attached hydrogens (tertiary/aromatic N) is 1. The van der Waals surface area contributed by atoms with E-state index in [-0.39, 0.29) is 17.5 Å². The summed E-state index contributed by atoms with van der Waals surface area (Å²) < 4.78 is 10.4. The van der Waals surface area contributed by atoms with E-state index in [2.05, 4.69) is 6.07 Å².